The molecule has 17 heavy (non-hydrogen) atoms. The number of hydrogen-bond donors (Lipinski definition) is 3. The van der Waals surface area contributed by atoms with Gasteiger partial charge in [0.15, 0.2) is 0 Å². The molecule has 2 amide bonds. The number of pyridine rings is 1. The zero-order valence-electron chi connectivity index (χ0n) is 9.60. The zero-order chi connectivity index (χ0) is 12.8. The fourth-order valence-electron chi connectivity index (χ4n) is 1.12. The van der Waals surface area contributed by atoms with Gasteiger partial charge >= 0.3 is 12.0 Å². The number of hydrogen-bond acceptors (Lipinski definition) is 4. The van der Waals surface area contributed by atoms with E-state index < -0.39 is 5.97 Å². The van der Waals surface area contributed by atoms with Crippen molar-refractivity contribution < 1.29 is 14.7 Å². The Labute approximate surface area is 98.4 Å². The largest absolute Gasteiger partial charge is 0.481 e. The number of rotatable bonds is 4. The maximum absolute atomic E-state index is 11.3. The van der Waals surface area contributed by atoms with Crippen LogP contribution in [0.2, 0.25) is 0 Å². The van der Waals surface area contributed by atoms with Crippen LogP contribution >= 0.6 is 0 Å². The van der Waals surface area contributed by atoms with Gasteiger partial charge in [0.1, 0.15) is 0 Å². The summed E-state index contributed by atoms with van der Waals surface area (Å²) in [7, 11) is 3.38. The van der Waals surface area contributed by atoms with Crippen LogP contribution < -0.4 is 10.7 Å². The summed E-state index contributed by atoms with van der Waals surface area (Å²) in [5.41, 5.74) is 3.44. The van der Waals surface area contributed by atoms with Gasteiger partial charge in [-0.15, -0.1) is 0 Å². The highest BCUT2D eigenvalue weighted by Gasteiger charge is 2.04. The van der Waals surface area contributed by atoms with Gasteiger partial charge in [-0.1, -0.05) is 0 Å². The Morgan fingerprint density at radius 2 is 2.12 bits per heavy atom. The number of carboxylic acids is 1. The summed E-state index contributed by atoms with van der Waals surface area (Å²) >= 11 is 0. The van der Waals surface area contributed by atoms with Gasteiger partial charge in [0.05, 0.1) is 24.0 Å². The first kappa shape index (κ1) is 12.9. The number of nitrogens with zero attached hydrogens (tertiary/aromatic N) is 2. The first-order chi connectivity index (χ1) is 7.97. The molecule has 1 aromatic heterocycles. The van der Waals surface area contributed by atoms with Crippen LogP contribution in [0.4, 0.5) is 10.5 Å². The number of amides is 2. The quantitative estimate of drug-likeness (QED) is 0.656. The fourth-order valence-corrected chi connectivity index (χ4v) is 1.12. The van der Waals surface area contributed by atoms with E-state index in [0.717, 1.165) is 0 Å². The van der Waals surface area contributed by atoms with Gasteiger partial charge in [-0.25, -0.2) is 9.80 Å². The van der Waals surface area contributed by atoms with Crippen LogP contribution in [-0.4, -0.2) is 41.2 Å². The molecule has 3 N–H and O–H groups in total. The van der Waals surface area contributed by atoms with Crippen molar-refractivity contribution in [3.05, 3.63) is 24.0 Å². The predicted octanol–water partition coefficient (Wildman–Crippen LogP) is 0.307. The van der Waals surface area contributed by atoms with E-state index in [1.165, 1.54) is 11.2 Å². The lowest BCUT2D eigenvalue weighted by Crippen LogP contribution is -2.39. The Kier molecular flexibility index (Phi) is 4.41. The molecule has 7 heteroatoms. The topological polar surface area (TPSA) is 94.6 Å². The van der Waals surface area contributed by atoms with Crippen LogP contribution in [0, 0.1) is 0 Å². The van der Waals surface area contributed by atoms with Crippen molar-refractivity contribution in [2.75, 3.05) is 19.4 Å². The van der Waals surface area contributed by atoms with Gasteiger partial charge in [-0.05, 0) is 12.1 Å². The lowest BCUT2D eigenvalue weighted by molar-refractivity contribution is -0.136. The van der Waals surface area contributed by atoms with Gasteiger partial charge in [0.25, 0.3) is 0 Å². The van der Waals surface area contributed by atoms with Crippen molar-refractivity contribution in [3.8, 4) is 0 Å². The van der Waals surface area contributed by atoms with E-state index in [-0.39, 0.29) is 12.5 Å². The lowest BCUT2D eigenvalue weighted by Gasteiger charge is -2.12. The van der Waals surface area contributed by atoms with E-state index in [9.17, 15) is 9.59 Å². The van der Waals surface area contributed by atoms with Crippen molar-refractivity contribution in [2.24, 2.45) is 0 Å². The van der Waals surface area contributed by atoms with Crippen LogP contribution in [0.1, 0.15) is 5.69 Å². The first-order valence-electron chi connectivity index (χ1n) is 4.89. The van der Waals surface area contributed by atoms with Gasteiger partial charge in [0, 0.05) is 14.1 Å². The number of nitrogens with one attached hydrogen (secondary N) is 2. The molecule has 1 heterocycles. The number of aromatic nitrogens is 1. The second-order valence-electron chi connectivity index (χ2n) is 3.57. The normalized spacial score (nSPS) is 10.1. The highest BCUT2D eigenvalue weighted by molar-refractivity contribution is 5.88. The van der Waals surface area contributed by atoms with Crippen LogP contribution in [0.25, 0.3) is 0 Å². The lowest BCUT2D eigenvalue weighted by atomic mass is 10.2. The predicted molar refractivity (Wildman–Crippen MR) is 61.4 cm³/mol. The van der Waals surface area contributed by atoms with Gasteiger partial charge in [0.2, 0.25) is 0 Å². The molecular weight excluding hydrogens is 224 g/mol. The molecular formula is C10H14N4O3. The van der Waals surface area contributed by atoms with E-state index in [0.29, 0.717) is 11.4 Å². The molecule has 92 valence electrons. The van der Waals surface area contributed by atoms with E-state index in [2.05, 4.69) is 15.7 Å². The molecule has 0 unspecified atom stereocenters. The van der Waals surface area contributed by atoms with E-state index in [1.54, 1.807) is 26.2 Å². The molecule has 0 spiro atoms. The van der Waals surface area contributed by atoms with Gasteiger partial charge in [-0.2, -0.15) is 0 Å². The number of anilines is 1. The average molecular weight is 238 g/mol. The molecule has 1 aromatic rings. The summed E-state index contributed by atoms with van der Waals surface area (Å²) in [5, 5.41) is 12.6. The van der Waals surface area contributed by atoms with Crippen LogP contribution in [0.3, 0.4) is 0 Å². The molecule has 0 aliphatic heterocycles. The maximum atomic E-state index is 11.3. The number of hydrazine groups is 1. The number of aliphatic carboxylic acids is 1. The minimum Gasteiger partial charge on any atom is -0.481 e. The summed E-state index contributed by atoms with van der Waals surface area (Å²) in [6, 6.07) is 2.77. The summed E-state index contributed by atoms with van der Waals surface area (Å²) in [6.07, 6.45) is 1.28. The van der Waals surface area contributed by atoms with Crippen molar-refractivity contribution >= 4 is 17.7 Å². The Balaban J connectivity index is 2.56. The summed E-state index contributed by atoms with van der Waals surface area (Å²) in [6.45, 7) is 0. The van der Waals surface area contributed by atoms with E-state index in [4.69, 9.17) is 5.11 Å². The highest BCUT2D eigenvalue weighted by Crippen LogP contribution is 2.06. The third-order valence-electron chi connectivity index (χ3n) is 1.74. The summed E-state index contributed by atoms with van der Waals surface area (Å²) in [5.74, 6) is -0.941. The standard InChI is InChI=1S/C10H14N4O3/c1-14(2)13-10(17)12-8-4-3-7(11-6-8)5-9(15)16/h3-4,6H,5H2,1-2H3,(H,15,16)(H2,12,13,17). The summed E-state index contributed by atoms with van der Waals surface area (Å²) in [4.78, 5) is 25.6. The second kappa shape index (κ2) is 5.80. The highest BCUT2D eigenvalue weighted by atomic mass is 16.4. The molecule has 0 aromatic carbocycles. The van der Waals surface area contributed by atoms with Gasteiger partial charge < -0.3 is 10.4 Å². The van der Waals surface area contributed by atoms with Gasteiger partial charge in [-0.3, -0.25) is 15.2 Å². The fraction of sp³-hybridized carbons (Fsp3) is 0.300. The first-order valence-corrected chi connectivity index (χ1v) is 4.89. The molecule has 0 saturated carbocycles. The van der Waals surface area contributed by atoms with E-state index in [1.807, 2.05) is 0 Å². The Hall–Kier alpha value is -2.15. The number of urea groups is 1. The molecule has 0 aliphatic rings. The number of carbonyl (C=O) groups excluding carboxylic acids is 1. The molecule has 7 nitrogen and oxygen atoms in total. The molecule has 0 radical (unpaired) electrons. The second-order valence-corrected chi connectivity index (χ2v) is 3.57. The molecule has 0 bridgehead atoms. The van der Waals surface area contributed by atoms with E-state index >= 15 is 0 Å². The minimum atomic E-state index is -0.941. The molecule has 0 aliphatic carbocycles. The smallest absolute Gasteiger partial charge is 0.333 e. The van der Waals surface area contributed by atoms with Crippen LogP contribution in [0.15, 0.2) is 18.3 Å². The third-order valence-corrected chi connectivity index (χ3v) is 1.74. The number of carbonyl (C=O) groups is 2. The Morgan fingerprint density at radius 1 is 1.41 bits per heavy atom. The SMILES string of the molecule is CN(C)NC(=O)Nc1ccc(CC(=O)O)nc1. The Morgan fingerprint density at radius 3 is 2.59 bits per heavy atom. The summed E-state index contributed by atoms with van der Waals surface area (Å²) < 4.78 is 0. The van der Waals surface area contributed by atoms with Crippen molar-refractivity contribution in [2.45, 2.75) is 6.42 Å². The molecule has 0 fully saturated rings. The molecule has 0 atom stereocenters. The third kappa shape index (κ3) is 4.94. The van der Waals surface area contributed by atoms with Crippen LogP contribution in [-0.2, 0) is 11.2 Å². The molecule has 0 saturated heterocycles. The van der Waals surface area contributed by atoms with Crippen LogP contribution in [0.5, 0.6) is 0 Å². The van der Waals surface area contributed by atoms with Crippen molar-refractivity contribution in [1.82, 2.24) is 15.4 Å². The number of carboxylic acid groups (broad SMARTS) is 1. The average Bonchev–Trinajstić information content (AvgIpc) is 2.18. The maximum Gasteiger partial charge on any atom is 0.333 e. The van der Waals surface area contributed by atoms with Crippen molar-refractivity contribution in [3.63, 3.8) is 0 Å². The molecule has 1 rings (SSSR count). The van der Waals surface area contributed by atoms with Crippen molar-refractivity contribution in [1.29, 1.82) is 0 Å². The Bertz CT molecular complexity index is 403. The zero-order valence-corrected chi connectivity index (χ0v) is 9.60. The monoisotopic (exact) mass is 238 g/mol. The minimum absolute atomic E-state index is 0.135.